The van der Waals surface area contributed by atoms with Crippen molar-refractivity contribution in [2.45, 2.75) is 6.92 Å². The van der Waals surface area contributed by atoms with E-state index in [0.29, 0.717) is 5.89 Å². The van der Waals surface area contributed by atoms with Crippen LogP contribution in [0.2, 0.25) is 0 Å². The predicted molar refractivity (Wildman–Crippen MR) is 71.8 cm³/mol. The van der Waals surface area contributed by atoms with Gasteiger partial charge in [-0.05, 0) is 31.2 Å². The van der Waals surface area contributed by atoms with Gasteiger partial charge in [-0.3, -0.25) is 0 Å². The Morgan fingerprint density at radius 1 is 1.17 bits per heavy atom. The molecule has 0 amide bonds. The number of aryl methyl sites for hydroxylation is 1. The van der Waals surface area contributed by atoms with Crippen molar-refractivity contribution >= 4 is 5.69 Å². The van der Waals surface area contributed by atoms with Gasteiger partial charge in [-0.2, -0.15) is 0 Å². The fraction of sp³-hybridized carbons (Fsp3) is 0.357. The van der Waals surface area contributed by atoms with Crippen molar-refractivity contribution in [2.24, 2.45) is 0 Å². The number of benzene rings is 1. The molecule has 2 heterocycles. The van der Waals surface area contributed by atoms with Gasteiger partial charge in [-0.25, -0.2) is 4.98 Å². The average molecular weight is 243 g/mol. The van der Waals surface area contributed by atoms with Crippen LogP contribution in [0.25, 0.3) is 11.5 Å². The second kappa shape index (κ2) is 4.82. The molecule has 0 radical (unpaired) electrons. The Morgan fingerprint density at radius 3 is 2.50 bits per heavy atom. The third kappa shape index (κ3) is 2.24. The Morgan fingerprint density at radius 2 is 1.89 bits per heavy atom. The molecule has 1 aromatic heterocycles. The van der Waals surface area contributed by atoms with Gasteiger partial charge in [-0.15, -0.1) is 0 Å². The normalized spacial score (nSPS) is 15.9. The maximum Gasteiger partial charge on any atom is 0.226 e. The van der Waals surface area contributed by atoms with Gasteiger partial charge in [0.05, 0.1) is 6.20 Å². The molecule has 3 rings (SSSR count). The molecule has 1 aliphatic rings. The molecule has 0 bridgehead atoms. The quantitative estimate of drug-likeness (QED) is 0.876. The maximum absolute atomic E-state index is 5.52. The van der Waals surface area contributed by atoms with Gasteiger partial charge >= 0.3 is 0 Å². The highest BCUT2D eigenvalue weighted by molar-refractivity contribution is 5.59. The minimum Gasteiger partial charge on any atom is -0.441 e. The zero-order chi connectivity index (χ0) is 12.4. The molecule has 0 aliphatic carbocycles. The van der Waals surface area contributed by atoms with Crippen LogP contribution in [0.1, 0.15) is 5.76 Å². The molecular formula is C14H17N3O. The summed E-state index contributed by atoms with van der Waals surface area (Å²) in [5.41, 5.74) is 2.30. The standard InChI is InChI=1S/C14H17N3O/c1-11-10-16-14(18-11)12-2-4-13(5-3-12)17-8-6-15-7-9-17/h2-5,10,15H,6-9H2,1H3. The second-order valence-corrected chi connectivity index (χ2v) is 4.56. The largest absolute Gasteiger partial charge is 0.441 e. The molecule has 1 saturated heterocycles. The van der Waals surface area contributed by atoms with Crippen LogP contribution < -0.4 is 10.2 Å². The highest BCUT2D eigenvalue weighted by Crippen LogP contribution is 2.23. The summed E-state index contributed by atoms with van der Waals surface area (Å²) in [6.45, 7) is 6.15. The Labute approximate surface area is 107 Å². The molecule has 4 heteroatoms. The number of aromatic nitrogens is 1. The number of nitrogens with zero attached hydrogens (tertiary/aromatic N) is 2. The van der Waals surface area contributed by atoms with Crippen molar-refractivity contribution in [2.75, 3.05) is 31.1 Å². The molecule has 0 atom stereocenters. The van der Waals surface area contributed by atoms with E-state index in [4.69, 9.17) is 4.42 Å². The fourth-order valence-corrected chi connectivity index (χ4v) is 2.23. The van der Waals surface area contributed by atoms with Gasteiger partial charge in [0.2, 0.25) is 5.89 Å². The van der Waals surface area contributed by atoms with Crippen molar-refractivity contribution in [1.29, 1.82) is 0 Å². The van der Waals surface area contributed by atoms with Gasteiger partial charge in [0.25, 0.3) is 0 Å². The van der Waals surface area contributed by atoms with Crippen LogP contribution in [0.5, 0.6) is 0 Å². The van der Waals surface area contributed by atoms with Crippen molar-refractivity contribution in [3.05, 3.63) is 36.2 Å². The molecule has 2 aromatic rings. The van der Waals surface area contributed by atoms with E-state index in [9.17, 15) is 0 Å². The first kappa shape index (κ1) is 11.3. The zero-order valence-corrected chi connectivity index (χ0v) is 10.5. The highest BCUT2D eigenvalue weighted by atomic mass is 16.4. The lowest BCUT2D eigenvalue weighted by Gasteiger charge is -2.29. The monoisotopic (exact) mass is 243 g/mol. The van der Waals surface area contributed by atoms with E-state index in [2.05, 4.69) is 39.5 Å². The number of hydrogen-bond donors (Lipinski definition) is 1. The number of anilines is 1. The first-order chi connectivity index (χ1) is 8.83. The molecule has 0 saturated carbocycles. The summed E-state index contributed by atoms with van der Waals surface area (Å²) in [4.78, 5) is 6.63. The fourth-order valence-electron chi connectivity index (χ4n) is 2.23. The molecule has 4 nitrogen and oxygen atoms in total. The Kier molecular flexibility index (Phi) is 3.02. The smallest absolute Gasteiger partial charge is 0.226 e. The number of hydrogen-bond acceptors (Lipinski definition) is 4. The number of nitrogens with one attached hydrogen (secondary N) is 1. The lowest BCUT2D eigenvalue weighted by atomic mass is 10.2. The Bertz CT molecular complexity index is 512. The molecule has 0 spiro atoms. The summed E-state index contributed by atoms with van der Waals surface area (Å²) < 4.78 is 5.52. The van der Waals surface area contributed by atoms with Crippen molar-refractivity contribution < 1.29 is 4.42 Å². The van der Waals surface area contributed by atoms with E-state index in [-0.39, 0.29) is 0 Å². The predicted octanol–water partition coefficient (Wildman–Crippen LogP) is 2.06. The summed E-state index contributed by atoms with van der Waals surface area (Å²) in [6.07, 6.45) is 1.75. The zero-order valence-electron chi connectivity index (χ0n) is 10.5. The van der Waals surface area contributed by atoms with Crippen LogP contribution in [-0.4, -0.2) is 31.2 Å². The highest BCUT2D eigenvalue weighted by Gasteiger charge is 2.11. The molecule has 1 N–H and O–H groups in total. The summed E-state index contributed by atoms with van der Waals surface area (Å²) in [5, 5.41) is 3.36. The van der Waals surface area contributed by atoms with E-state index < -0.39 is 0 Å². The van der Waals surface area contributed by atoms with Gasteiger partial charge in [0, 0.05) is 37.4 Å². The maximum atomic E-state index is 5.52. The van der Waals surface area contributed by atoms with Gasteiger partial charge in [-0.1, -0.05) is 0 Å². The molecule has 1 aliphatic heterocycles. The minimum atomic E-state index is 0.694. The van der Waals surface area contributed by atoms with Crippen molar-refractivity contribution in [3.63, 3.8) is 0 Å². The first-order valence-corrected chi connectivity index (χ1v) is 6.31. The minimum absolute atomic E-state index is 0.694. The third-order valence-electron chi connectivity index (χ3n) is 3.22. The average Bonchev–Trinajstić information content (AvgIpc) is 2.87. The lowest BCUT2D eigenvalue weighted by molar-refractivity contribution is 0.542. The summed E-state index contributed by atoms with van der Waals surface area (Å²) in [7, 11) is 0. The van der Waals surface area contributed by atoms with E-state index in [1.807, 2.05) is 6.92 Å². The van der Waals surface area contributed by atoms with E-state index >= 15 is 0 Å². The molecular weight excluding hydrogens is 226 g/mol. The third-order valence-corrected chi connectivity index (χ3v) is 3.22. The van der Waals surface area contributed by atoms with Gasteiger partial charge in [0.15, 0.2) is 0 Å². The summed E-state index contributed by atoms with van der Waals surface area (Å²) in [6, 6.07) is 8.42. The Balaban J connectivity index is 1.80. The van der Waals surface area contributed by atoms with Gasteiger partial charge < -0.3 is 14.6 Å². The van der Waals surface area contributed by atoms with Crippen LogP contribution in [-0.2, 0) is 0 Å². The van der Waals surface area contributed by atoms with Crippen LogP contribution in [0.4, 0.5) is 5.69 Å². The van der Waals surface area contributed by atoms with Crippen molar-refractivity contribution in [1.82, 2.24) is 10.3 Å². The molecule has 94 valence electrons. The number of oxazole rings is 1. The number of piperazine rings is 1. The van der Waals surface area contributed by atoms with E-state index in [1.165, 1.54) is 5.69 Å². The summed E-state index contributed by atoms with van der Waals surface area (Å²) >= 11 is 0. The van der Waals surface area contributed by atoms with Crippen LogP contribution in [0, 0.1) is 6.92 Å². The molecule has 1 fully saturated rings. The number of rotatable bonds is 2. The second-order valence-electron chi connectivity index (χ2n) is 4.56. The van der Waals surface area contributed by atoms with E-state index in [1.54, 1.807) is 6.20 Å². The van der Waals surface area contributed by atoms with Gasteiger partial charge in [0.1, 0.15) is 5.76 Å². The van der Waals surface area contributed by atoms with Crippen LogP contribution in [0.15, 0.2) is 34.9 Å². The SMILES string of the molecule is Cc1cnc(-c2ccc(N3CCNCC3)cc2)o1. The molecule has 0 unspecified atom stereocenters. The van der Waals surface area contributed by atoms with Crippen LogP contribution >= 0.6 is 0 Å². The van der Waals surface area contributed by atoms with E-state index in [0.717, 1.165) is 37.5 Å². The van der Waals surface area contributed by atoms with Crippen LogP contribution in [0.3, 0.4) is 0 Å². The molecule has 18 heavy (non-hydrogen) atoms. The Hall–Kier alpha value is -1.81. The summed E-state index contributed by atoms with van der Waals surface area (Å²) in [5.74, 6) is 1.54. The van der Waals surface area contributed by atoms with Crippen molar-refractivity contribution in [3.8, 4) is 11.5 Å². The molecule has 1 aromatic carbocycles. The topological polar surface area (TPSA) is 41.3 Å². The first-order valence-electron chi connectivity index (χ1n) is 6.31. The lowest BCUT2D eigenvalue weighted by Crippen LogP contribution is -2.43.